The van der Waals surface area contributed by atoms with Gasteiger partial charge in [-0.15, -0.1) is 11.3 Å². The average Bonchev–Trinajstić information content (AvgIpc) is 3.27. The number of nitrogens with one attached hydrogen (secondary N) is 1. The second-order valence-corrected chi connectivity index (χ2v) is 7.47. The van der Waals surface area contributed by atoms with Crippen molar-refractivity contribution in [3.05, 3.63) is 70.3 Å². The number of pyridine rings is 1. The molecule has 1 N–H and O–H groups in total. The van der Waals surface area contributed by atoms with Crippen molar-refractivity contribution in [3.63, 3.8) is 0 Å². The molecule has 136 valence electrons. The molecule has 0 saturated heterocycles. The second-order valence-electron chi connectivity index (χ2n) is 6.15. The fraction of sp³-hybridized carbons (Fsp3) is 0.200. The number of allylic oxidation sites excluding steroid dienone is 1. The van der Waals surface area contributed by atoms with Crippen LogP contribution in [0.25, 0.3) is 17.1 Å². The Kier molecular flexibility index (Phi) is 4.93. The van der Waals surface area contributed by atoms with Crippen LogP contribution in [0.2, 0.25) is 0 Å². The number of hydrogen-bond acceptors (Lipinski definition) is 6. The molecule has 4 aromatic heterocycles. The first-order valence-electron chi connectivity index (χ1n) is 8.77. The van der Waals surface area contributed by atoms with E-state index in [2.05, 4.69) is 31.8 Å². The summed E-state index contributed by atoms with van der Waals surface area (Å²) >= 11 is 1.69. The molecule has 0 spiro atoms. The van der Waals surface area contributed by atoms with Crippen LogP contribution >= 0.6 is 11.3 Å². The summed E-state index contributed by atoms with van der Waals surface area (Å²) in [4.78, 5) is 19.4. The van der Waals surface area contributed by atoms with Gasteiger partial charge in [-0.05, 0) is 38.1 Å². The molecule has 0 aliphatic carbocycles. The van der Waals surface area contributed by atoms with E-state index >= 15 is 0 Å². The summed E-state index contributed by atoms with van der Waals surface area (Å²) in [6.07, 6.45) is 9.60. The van der Waals surface area contributed by atoms with Gasteiger partial charge < -0.3 is 9.88 Å². The van der Waals surface area contributed by atoms with Crippen LogP contribution in [0.4, 0.5) is 5.82 Å². The molecule has 4 aromatic rings. The highest BCUT2D eigenvalue weighted by molar-refractivity contribution is 7.11. The van der Waals surface area contributed by atoms with Crippen LogP contribution in [0.15, 0.2) is 48.9 Å². The maximum absolute atomic E-state index is 4.71. The normalized spacial score (nSPS) is 11.5. The van der Waals surface area contributed by atoms with E-state index in [0.717, 1.165) is 27.6 Å². The third kappa shape index (κ3) is 3.88. The van der Waals surface area contributed by atoms with Crippen molar-refractivity contribution >= 4 is 34.3 Å². The van der Waals surface area contributed by atoms with E-state index in [1.165, 1.54) is 4.88 Å². The molecule has 6 nitrogen and oxygen atoms in total. The molecule has 0 bridgehead atoms. The highest BCUT2D eigenvalue weighted by atomic mass is 32.1. The van der Waals surface area contributed by atoms with Crippen molar-refractivity contribution in [1.82, 2.24) is 24.5 Å². The summed E-state index contributed by atoms with van der Waals surface area (Å²) in [7, 11) is 0. The zero-order valence-electron chi connectivity index (χ0n) is 15.3. The summed E-state index contributed by atoms with van der Waals surface area (Å²) in [5.41, 5.74) is 2.88. The Morgan fingerprint density at radius 2 is 2.11 bits per heavy atom. The van der Waals surface area contributed by atoms with Gasteiger partial charge in [0.2, 0.25) is 0 Å². The predicted molar refractivity (Wildman–Crippen MR) is 110 cm³/mol. The molecule has 4 heterocycles. The van der Waals surface area contributed by atoms with Crippen molar-refractivity contribution in [3.8, 4) is 0 Å². The molecule has 7 heteroatoms. The lowest BCUT2D eigenvalue weighted by molar-refractivity contribution is 0.805. The predicted octanol–water partition coefficient (Wildman–Crippen LogP) is 4.28. The van der Waals surface area contributed by atoms with Crippen molar-refractivity contribution in [2.45, 2.75) is 26.9 Å². The Hall–Kier alpha value is -3.06. The van der Waals surface area contributed by atoms with Crippen LogP contribution in [-0.4, -0.2) is 24.5 Å². The number of aryl methyl sites for hydroxylation is 1. The summed E-state index contributed by atoms with van der Waals surface area (Å²) in [6, 6.07) is 7.96. The molecule has 0 saturated carbocycles. The van der Waals surface area contributed by atoms with Crippen LogP contribution in [-0.2, 0) is 13.1 Å². The summed E-state index contributed by atoms with van der Waals surface area (Å²) in [6.45, 7) is 5.33. The fourth-order valence-electron chi connectivity index (χ4n) is 2.91. The third-order valence-corrected chi connectivity index (χ3v) is 4.99. The van der Waals surface area contributed by atoms with Gasteiger partial charge in [0.25, 0.3) is 0 Å². The Morgan fingerprint density at radius 3 is 2.85 bits per heavy atom. The number of aromatic nitrogens is 5. The average molecular weight is 376 g/mol. The van der Waals surface area contributed by atoms with E-state index in [0.29, 0.717) is 18.9 Å². The lowest BCUT2D eigenvalue weighted by Crippen LogP contribution is -2.07. The van der Waals surface area contributed by atoms with E-state index in [1.54, 1.807) is 11.3 Å². The second kappa shape index (κ2) is 7.67. The zero-order chi connectivity index (χ0) is 18.6. The number of nitrogens with zero attached hydrogens (tertiary/aromatic N) is 5. The Balaban J connectivity index is 1.72. The highest BCUT2D eigenvalue weighted by Crippen LogP contribution is 2.24. The molecule has 4 rings (SSSR count). The molecular weight excluding hydrogens is 356 g/mol. The first-order valence-corrected chi connectivity index (χ1v) is 9.59. The summed E-state index contributed by atoms with van der Waals surface area (Å²) < 4.78 is 2.13. The topological polar surface area (TPSA) is 68.5 Å². The largest absolute Gasteiger partial charge is 0.362 e. The number of fused-ring (bicyclic) bond motifs is 1. The fourth-order valence-corrected chi connectivity index (χ4v) is 3.64. The van der Waals surface area contributed by atoms with Crippen LogP contribution < -0.4 is 5.32 Å². The highest BCUT2D eigenvalue weighted by Gasteiger charge is 2.13. The van der Waals surface area contributed by atoms with Crippen LogP contribution in [0.3, 0.4) is 0 Å². The minimum atomic E-state index is 0.634. The van der Waals surface area contributed by atoms with Crippen LogP contribution in [0.5, 0.6) is 0 Å². The molecule has 0 unspecified atom stereocenters. The molecule has 0 aliphatic heterocycles. The first-order chi connectivity index (χ1) is 13.2. The quantitative estimate of drug-likeness (QED) is 0.544. The molecule has 0 aromatic carbocycles. The molecule has 0 amide bonds. The van der Waals surface area contributed by atoms with Crippen molar-refractivity contribution in [2.24, 2.45) is 0 Å². The maximum atomic E-state index is 4.71. The Labute approximate surface area is 161 Å². The number of thiazole rings is 1. The van der Waals surface area contributed by atoms with Crippen molar-refractivity contribution in [1.29, 1.82) is 0 Å². The van der Waals surface area contributed by atoms with Crippen LogP contribution in [0.1, 0.15) is 28.3 Å². The Bertz CT molecular complexity index is 1080. The maximum Gasteiger partial charge on any atom is 0.155 e. The van der Waals surface area contributed by atoms with E-state index in [-0.39, 0.29) is 0 Å². The van der Waals surface area contributed by atoms with E-state index < -0.39 is 0 Å². The summed E-state index contributed by atoms with van der Waals surface area (Å²) in [5.74, 6) is 1.50. The van der Waals surface area contributed by atoms with Gasteiger partial charge in [-0.1, -0.05) is 12.1 Å². The minimum Gasteiger partial charge on any atom is -0.362 e. The molecule has 0 aliphatic rings. The molecule has 0 atom stereocenters. The van der Waals surface area contributed by atoms with Crippen molar-refractivity contribution in [2.75, 3.05) is 5.32 Å². The summed E-state index contributed by atoms with van der Waals surface area (Å²) in [5, 5.41) is 4.49. The van der Waals surface area contributed by atoms with E-state index in [1.807, 2.05) is 61.9 Å². The SMILES string of the molecule is CC=Cc1nc(NCc2ncc(C)s2)c2c(ccn2Cc2ccccn2)n1. The molecular formula is C20H20N6S. The van der Waals surface area contributed by atoms with E-state index in [4.69, 9.17) is 4.98 Å². The minimum absolute atomic E-state index is 0.634. The molecule has 27 heavy (non-hydrogen) atoms. The van der Waals surface area contributed by atoms with Crippen molar-refractivity contribution < 1.29 is 0 Å². The number of rotatable bonds is 6. The monoisotopic (exact) mass is 376 g/mol. The zero-order valence-corrected chi connectivity index (χ0v) is 16.1. The third-order valence-electron chi connectivity index (χ3n) is 4.08. The molecule has 0 radical (unpaired) electrons. The van der Waals surface area contributed by atoms with Gasteiger partial charge in [0, 0.05) is 23.5 Å². The molecule has 0 fully saturated rings. The number of anilines is 1. The Morgan fingerprint density at radius 1 is 1.19 bits per heavy atom. The van der Waals surface area contributed by atoms with Gasteiger partial charge in [-0.2, -0.15) is 0 Å². The first kappa shape index (κ1) is 17.4. The lowest BCUT2D eigenvalue weighted by Gasteiger charge is -2.11. The van der Waals surface area contributed by atoms with Gasteiger partial charge in [0.1, 0.15) is 10.5 Å². The van der Waals surface area contributed by atoms with Crippen LogP contribution in [0, 0.1) is 6.92 Å². The van der Waals surface area contributed by atoms with Gasteiger partial charge in [-0.3, -0.25) is 4.98 Å². The number of hydrogen-bond donors (Lipinski definition) is 1. The van der Waals surface area contributed by atoms with Gasteiger partial charge in [-0.25, -0.2) is 15.0 Å². The lowest BCUT2D eigenvalue weighted by atomic mass is 10.3. The van der Waals surface area contributed by atoms with Gasteiger partial charge in [0.05, 0.1) is 24.3 Å². The van der Waals surface area contributed by atoms with Gasteiger partial charge >= 0.3 is 0 Å². The standard InChI is InChI=1S/C20H20N6S/c1-3-6-17-24-16-8-10-26(13-15-7-4-5-9-21-15)19(16)20(25-17)23-12-18-22-11-14(2)27-18/h3-11H,12-13H2,1-2H3,(H,23,24,25). The van der Waals surface area contributed by atoms with E-state index in [9.17, 15) is 0 Å². The smallest absolute Gasteiger partial charge is 0.155 e. The van der Waals surface area contributed by atoms with Gasteiger partial charge in [0.15, 0.2) is 11.6 Å².